The Morgan fingerprint density at radius 3 is 2.55 bits per heavy atom. The molecule has 1 amide bonds. The largest absolute Gasteiger partial charge is 0.496 e. The number of alkyl carbamates (subject to hydrolysis) is 1. The smallest absolute Gasteiger partial charge is 0.407 e. The molecule has 0 unspecified atom stereocenters. The minimum Gasteiger partial charge on any atom is -0.496 e. The van der Waals surface area contributed by atoms with E-state index in [2.05, 4.69) is 10.3 Å². The van der Waals surface area contributed by atoms with Crippen molar-refractivity contribution in [2.75, 3.05) is 13.7 Å². The van der Waals surface area contributed by atoms with Gasteiger partial charge in [0.05, 0.1) is 12.8 Å². The van der Waals surface area contributed by atoms with Gasteiger partial charge in [0.25, 0.3) is 0 Å². The fraction of sp³-hybridized carbons (Fsp3) is 0.381. The Kier molecular flexibility index (Phi) is 7.08. The Hall–Kier alpha value is -2.80. The van der Waals surface area contributed by atoms with Gasteiger partial charge in [0.15, 0.2) is 0 Å². The molecule has 1 aromatic heterocycles. The van der Waals surface area contributed by atoms with Crippen molar-refractivity contribution in [3.05, 3.63) is 46.1 Å². The average molecular weight is 421 g/mol. The highest BCUT2D eigenvalue weighted by atomic mass is 35.5. The number of carboxylic acid groups (broad SMARTS) is 1. The molecule has 0 atom stereocenters. The number of nitrogens with one attached hydrogen (secondary N) is 1. The van der Waals surface area contributed by atoms with Crippen molar-refractivity contribution in [1.29, 1.82) is 0 Å². The summed E-state index contributed by atoms with van der Waals surface area (Å²) in [7, 11) is 1.53. The summed E-state index contributed by atoms with van der Waals surface area (Å²) in [6, 6.07) is 6.52. The molecule has 2 aromatic rings. The van der Waals surface area contributed by atoms with Gasteiger partial charge in [-0.25, -0.2) is 14.6 Å². The van der Waals surface area contributed by atoms with Crippen LogP contribution in [-0.2, 0) is 11.2 Å². The van der Waals surface area contributed by atoms with Crippen LogP contribution in [0.5, 0.6) is 5.75 Å². The van der Waals surface area contributed by atoms with Gasteiger partial charge in [-0.15, -0.1) is 0 Å². The van der Waals surface area contributed by atoms with Crippen LogP contribution in [0, 0.1) is 6.92 Å². The molecule has 2 rings (SSSR count). The van der Waals surface area contributed by atoms with Crippen molar-refractivity contribution < 1.29 is 24.2 Å². The number of aromatic carboxylic acids is 1. The number of carbonyl (C=O) groups is 2. The molecule has 7 nitrogen and oxygen atoms in total. The van der Waals surface area contributed by atoms with Crippen LogP contribution in [0.2, 0.25) is 5.02 Å². The lowest BCUT2D eigenvalue weighted by Gasteiger charge is -2.20. The van der Waals surface area contributed by atoms with E-state index in [0.29, 0.717) is 35.0 Å². The minimum atomic E-state index is -1.12. The van der Waals surface area contributed by atoms with Crippen LogP contribution >= 0.6 is 11.6 Å². The number of benzene rings is 1. The number of rotatable bonds is 6. The third kappa shape index (κ3) is 5.84. The van der Waals surface area contributed by atoms with Gasteiger partial charge in [0.1, 0.15) is 17.0 Å². The van der Waals surface area contributed by atoms with Gasteiger partial charge in [0.2, 0.25) is 0 Å². The number of aromatic nitrogens is 1. The number of pyridine rings is 1. The zero-order valence-corrected chi connectivity index (χ0v) is 17.9. The van der Waals surface area contributed by atoms with Gasteiger partial charge in [-0.3, -0.25) is 0 Å². The molecule has 0 saturated carbocycles. The highest BCUT2D eigenvalue weighted by molar-refractivity contribution is 6.32. The molecule has 0 aliphatic carbocycles. The SMILES string of the molecule is COc1c(CCNC(=O)OC(C)(C)C)cc(Cl)c(C)c1-c1cccc(C(=O)O)n1. The van der Waals surface area contributed by atoms with Gasteiger partial charge < -0.3 is 19.9 Å². The predicted octanol–water partition coefficient (Wildman–Crippen LogP) is 4.48. The quantitative estimate of drug-likeness (QED) is 0.714. The number of ether oxygens (including phenoxy) is 2. The number of hydrogen-bond acceptors (Lipinski definition) is 5. The maximum absolute atomic E-state index is 11.9. The van der Waals surface area contributed by atoms with Crippen molar-refractivity contribution >= 4 is 23.7 Å². The molecular weight excluding hydrogens is 396 g/mol. The summed E-state index contributed by atoms with van der Waals surface area (Å²) in [5, 5.41) is 12.4. The van der Waals surface area contributed by atoms with Crippen LogP contribution in [0.1, 0.15) is 42.4 Å². The Labute approximate surface area is 175 Å². The maximum Gasteiger partial charge on any atom is 0.407 e. The van der Waals surface area contributed by atoms with Crippen LogP contribution in [0.3, 0.4) is 0 Å². The van der Waals surface area contributed by atoms with Crippen molar-refractivity contribution in [1.82, 2.24) is 10.3 Å². The molecule has 0 aliphatic heterocycles. The van der Waals surface area contributed by atoms with E-state index in [1.54, 1.807) is 39.0 Å². The molecule has 0 spiro atoms. The molecule has 0 radical (unpaired) electrons. The maximum atomic E-state index is 11.9. The van der Waals surface area contributed by atoms with Gasteiger partial charge in [-0.2, -0.15) is 0 Å². The van der Waals surface area contributed by atoms with E-state index in [1.165, 1.54) is 13.2 Å². The van der Waals surface area contributed by atoms with Gasteiger partial charge in [0, 0.05) is 17.1 Å². The molecule has 1 heterocycles. The molecule has 0 aliphatic rings. The molecule has 2 N–H and O–H groups in total. The average Bonchev–Trinajstić information content (AvgIpc) is 2.62. The number of amides is 1. The fourth-order valence-corrected chi connectivity index (χ4v) is 3.04. The topological polar surface area (TPSA) is 97.8 Å². The van der Waals surface area contributed by atoms with E-state index < -0.39 is 17.7 Å². The summed E-state index contributed by atoms with van der Waals surface area (Å²) < 4.78 is 10.8. The highest BCUT2D eigenvalue weighted by Crippen LogP contribution is 2.39. The third-order valence-corrected chi connectivity index (χ3v) is 4.44. The lowest BCUT2D eigenvalue weighted by molar-refractivity contribution is 0.0527. The first-order valence-corrected chi connectivity index (χ1v) is 9.45. The molecule has 0 saturated heterocycles. The Morgan fingerprint density at radius 1 is 1.28 bits per heavy atom. The van der Waals surface area contributed by atoms with Gasteiger partial charge >= 0.3 is 12.1 Å². The molecule has 8 heteroatoms. The van der Waals surface area contributed by atoms with E-state index in [1.807, 2.05) is 6.92 Å². The monoisotopic (exact) mass is 420 g/mol. The summed E-state index contributed by atoms with van der Waals surface area (Å²) in [6.07, 6.45) is -0.0701. The molecule has 0 fully saturated rings. The molecule has 0 bridgehead atoms. The zero-order valence-electron chi connectivity index (χ0n) is 17.1. The lowest BCUT2D eigenvalue weighted by Crippen LogP contribution is -2.33. The second kappa shape index (κ2) is 9.13. The number of carboxylic acids is 1. The van der Waals surface area contributed by atoms with E-state index in [9.17, 15) is 14.7 Å². The summed E-state index contributed by atoms with van der Waals surface area (Å²) in [5.74, 6) is -0.583. The van der Waals surface area contributed by atoms with E-state index in [0.717, 1.165) is 11.1 Å². The minimum absolute atomic E-state index is 0.0722. The number of carbonyl (C=O) groups excluding carboxylic acids is 1. The molecular formula is C21H25ClN2O5. The predicted molar refractivity (Wildman–Crippen MR) is 111 cm³/mol. The van der Waals surface area contributed by atoms with Crippen molar-refractivity contribution in [3.63, 3.8) is 0 Å². The molecule has 156 valence electrons. The van der Waals surface area contributed by atoms with Crippen LogP contribution in [-0.4, -0.2) is 41.4 Å². The van der Waals surface area contributed by atoms with E-state index >= 15 is 0 Å². The number of nitrogens with zero attached hydrogens (tertiary/aromatic N) is 1. The Balaban J connectivity index is 2.35. The highest BCUT2D eigenvalue weighted by Gasteiger charge is 2.20. The van der Waals surface area contributed by atoms with E-state index in [-0.39, 0.29) is 5.69 Å². The first kappa shape index (κ1) is 22.5. The number of hydrogen-bond donors (Lipinski definition) is 2. The number of halogens is 1. The molecule has 1 aromatic carbocycles. The second-order valence-corrected chi connectivity index (χ2v) is 7.85. The Bertz CT molecular complexity index is 922. The fourth-order valence-electron chi connectivity index (χ4n) is 2.81. The zero-order chi connectivity index (χ0) is 21.8. The third-order valence-electron chi connectivity index (χ3n) is 4.04. The van der Waals surface area contributed by atoms with Crippen LogP contribution in [0.15, 0.2) is 24.3 Å². The van der Waals surface area contributed by atoms with Gasteiger partial charge in [-0.1, -0.05) is 17.7 Å². The van der Waals surface area contributed by atoms with Crippen LogP contribution in [0.25, 0.3) is 11.3 Å². The van der Waals surface area contributed by atoms with Crippen LogP contribution < -0.4 is 10.1 Å². The van der Waals surface area contributed by atoms with Gasteiger partial charge in [-0.05, 0) is 63.4 Å². The van der Waals surface area contributed by atoms with Crippen molar-refractivity contribution in [2.45, 2.75) is 39.7 Å². The standard InChI is InChI=1S/C21H25ClN2O5/c1-12-14(22)11-13(9-10-23-20(27)29-21(2,3)4)18(28-5)17(12)15-7-6-8-16(24-15)19(25)26/h6-8,11H,9-10H2,1-5H3,(H,23,27)(H,25,26). The number of methoxy groups -OCH3 is 1. The van der Waals surface area contributed by atoms with Crippen molar-refractivity contribution in [2.24, 2.45) is 0 Å². The van der Waals surface area contributed by atoms with E-state index in [4.69, 9.17) is 21.1 Å². The lowest BCUT2D eigenvalue weighted by atomic mass is 9.98. The first-order chi connectivity index (χ1) is 13.5. The molecule has 29 heavy (non-hydrogen) atoms. The van der Waals surface area contributed by atoms with Crippen LogP contribution in [0.4, 0.5) is 4.79 Å². The summed E-state index contributed by atoms with van der Waals surface area (Å²) >= 11 is 6.42. The summed E-state index contributed by atoms with van der Waals surface area (Å²) in [4.78, 5) is 27.4. The summed E-state index contributed by atoms with van der Waals surface area (Å²) in [6.45, 7) is 7.50. The Morgan fingerprint density at radius 2 is 1.97 bits per heavy atom. The summed E-state index contributed by atoms with van der Waals surface area (Å²) in [5.41, 5.74) is 1.90. The van der Waals surface area contributed by atoms with Crippen molar-refractivity contribution in [3.8, 4) is 17.0 Å². The first-order valence-electron chi connectivity index (χ1n) is 9.07. The second-order valence-electron chi connectivity index (χ2n) is 7.44. The normalized spacial score (nSPS) is 11.1.